The fourth-order valence-electron chi connectivity index (χ4n) is 6.64. The van der Waals surface area contributed by atoms with Crippen LogP contribution in [0.25, 0.3) is 39.7 Å². The van der Waals surface area contributed by atoms with Gasteiger partial charge in [-0.1, -0.05) is 129 Å². The van der Waals surface area contributed by atoms with Gasteiger partial charge in [0.2, 0.25) is 0 Å². The number of halogens is 4. The van der Waals surface area contributed by atoms with Gasteiger partial charge < -0.3 is 0 Å². The average Bonchev–Trinajstić information content (AvgIpc) is 3.84. The van der Waals surface area contributed by atoms with Crippen molar-refractivity contribution in [3.8, 4) is 20.9 Å². The minimum Gasteiger partial charge on any atom is -0.141 e. The molecule has 0 amide bonds. The van der Waals surface area contributed by atoms with Crippen molar-refractivity contribution < 1.29 is 0 Å². The van der Waals surface area contributed by atoms with Gasteiger partial charge in [-0.05, 0) is 111 Å². The Balaban J connectivity index is 1.22. The van der Waals surface area contributed by atoms with Crippen molar-refractivity contribution >= 4 is 128 Å². The zero-order chi connectivity index (χ0) is 33.9. The Kier molecular flexibility index (Phi) is 17.1. The van der Waals surface area contributed by atoms with Gasteiger partial charge >= 0.3 is 0 Å². The van der Waals surface area contributed by atoms with E-state index < -0.39 is 0 Å². The second-order valence-electron chi connectivity index (χ2n) is 13.3. The largest absolute Gasteiger partial charge is 0.141 e. The minimum atomic E-state index is 1.13. The first-order valence-corrected chi connectivity index (χ1v) is 24.9. The number of fused-ring (bicyclic) bond motifs is 2. The van der Waals surface area contributed by atoms with Crippen LogP contribution in [0.2, 0.25) is 0 Å². The summed E-state index contributed by atoms with van der Waals surface area (Å²) < 4.78 is 10.5. The van der Waals surface area contributed by atoms with Gasteiger partial charge in [-0.25, -0.2) is 0 Å². The number of benzene rings is 1. The van der Waals surface area contributed by atoms with Gasteiger partial charge in [0.05, 0.1) is 37.5 Å². The highest BCUT2D eigenvalue weighted by atomic mass is 79.9. The highest BCUT2D eigenvalue weighted by Gasteiger charge is 2.23. The van der Waals surface area contributed by atoms with Crippen LogP contribution in [0.15, 0.2) is 40.8 Å². The fourth-order valence-corrected chi connectivity index (χ4v) is 15.1. The summed E-state index contributed by atoms with van der Waals surface area (Å²) in [5.74, 6) is 0. The van der Waals surface area contributed by atoms with Crippen molar-refractivity contribution in [2.24, 2.45) is 0 Å². The molecule has 0 aliphatic carbocycles. The van der Waals surface area contributed by atoms with E-state index in [1.54, 1.807) is 0 Å². The maximum absolute atomic E-state index is 4.03. The molecule has 262 valence electrons. The smallest absolute Gasteiger partial charge is 0.0602 e. The van der Waals surface area contributed by atoms with E-state index in [2.05, 4.69) is 100 Å². The standard InChI is InChI=1S/C40H50Br4S4/c1-3-5-7-9-11-13-15-17-19-21-27-25-45-39-33(43)37(47-35(27)39)29-23-24-30(32(42)31(29)41)38-34(44)40-36(48-38)28(26-46-40)22-20-18-16-14-12-10-8-6-4-2/h23-26H,3-22H2,1-2H3. The van der Waals surface area contributed by atoms with Crippen LogP contribution in [0.5, 0.6) is 0 Å². The number of thiophene rings is 4. The molecule has 0 radical (unpaired) electrons. The maximum atomic E-state index is 4.03. The van der Waals surface area contributed by atoms with Crippen LogP contribution in [0.1, 0.15) is 141 Å². The van der Waals surface area contributed by atoms with Crippen molar-refractivity contribution in [3.05, 3.63) is 51.9 Å². The molecule has 4 aromatic heterocycles. The topological polar surface area (TPSA) is 0 Å². The monoisotopic (exact) mass is 974 g/mol. The molecule has 0 saturated carbocycles. The normalized spacial score (nSPS) is 12.0. The summed E-state index contributed by atoms with van der Waals surface area (Å²) in [6.07, 6.45) is 27.2. The lowest BCUT2D eigenvalue weighted by molar-refractivity contribution is 0.565. The van der Waals surface area contributed by atoms with E-state index >= 15 is 0 Å². The Morgan fingerprint density at radius 3 is 1.10 bits per heavy atom. The van der Waals surface area contributed by atoms with Crippen LogP contribution >= 0.6 is 109 Å². The van der Waals surface area contributed by atoms with Gasteiger partial charge in [0.25, 0.3) is 0 Å². The van der Waals surface area contributed by atoms with Crippen molar-refractivity contribution in [1.82, 2.24) is 0 Å². The van der Waals surface area contributed by atoms with E-state index in [-0.39, 0.29) is 0 Å². The zero-order valence-electron chi connectivity index (χ0n) is 28.6. The SMILES string of the molecule is CCCCCCCCCCCc1csc2c(Br)c(-c3ccc(-c4sc5c(CCCCCCCCCCC)csc5c4Br)c(Br)c3Br)sc12. The molecule has 5 aromatic rings. The zero-order valence-corrected chi connectivity index (χ0v) is 38.2. The first kappa shape index (κ1) is 39.7. The molecule has 0 spiro atoms. The molecular weight excluding hydrogens is 928 g/mol. The van der Waals surface area contributed by atoms with Gasteiger partial charge in [-0.15, -0.1) is 45.3 Å². The van der Waals surface area contributed by atoms with Crippen LogP contribution in [-0.2, 0) is 12.8 Å². The van der Waals surface area contributed by atoms with Gasteiger partial charge in [0.15, 0.2) is 0 Å². The molecule has 0 aliphatic rings. The van der Waals surface area contributed by atoms with Gasteiger partial charge in [0.1, 0.15) is 0 Å². The molecule has 0 atom stereocenters. The van der Waals surface area contributed by atoms with Crippen LogP contribution in [-0.4, -0.2) is 0 Å². The predicted molar refractivity (Wildman–Crippen MR) is 236 cm³/mol. The molecule has 48 heavy (non-hydrogen) atoms. The van der Waals surface area contributed by atoms with E-state index in [1.165, 1.54) is 188 Å². The molecule has 5 rings (SSSR count). The summed E-state index contributed by atoms with van der Waals surface area (Å²) in [6, 6.07) is 4.63. The van der Waals surface area contributed by atoms with Gasteiger partial charge in [-0.2, -0.15) is 0 Å². The number of rotatable bonds is 22. The third-order valence-electron chi connectivity index (χ3n) is 9.51. The van der Waals surface area contributed by atoms with Crippen LogP contribution in [0.4, 0.5) is 0 Å². The molecular formula is C40H50Br4S4. The van der Waals surface area contributed by atoms with Crippen LogP contribution < -0.4 is 0 Å². The molecule has 0 unspecified atom stereocenters. The summed E-state index contributed by atoms with van der Waals surface area (Å²) >= 11 is 23.8. The van der Waals surface area contributed by atoms with E-state index in [9.17, 15) is 0 Å². The Morgan fingerprint density at radius 2 is 0.750 bits per heavy atom. The van der Waals surface area contributed by atoms with Crippen LogP contribution in [0.3, 0.4) is 0 Å². The highest BCUT2D eigenvalue weighted by molar-refractivity contribution is 9.13. The molecule has 8 heteroatoms. The molecule has 4 heterocycles. The van der Waals surface area contributed by atoms with Crippen molar-refractivity contribution in [2.75, 3.05) is 0 Å². The highest BCUT2D eigenvalue weighted by Crippen LogP contribution is 2.53. The van der Waals surface area contributed by atoms with Crippen LogP contribution in [0, 0.1) is 0 Å². The lowest BCUT2D eigenvalue weighted by Gasteiger charge is -2.10. The molecule has 0 N–H and O–H groups in total. The van der Waals surface area contributed by atoms with Crippen molar-refractivity contribution in [3.63, 3.8) is 0 Å². The third-order valence-corrected chi connectivity index (χ3v) is 19.3. The van der Waals surface area contributed by atoms with E-state index in [0.717, 1.165) is 8.95 Å². The molecule has 0 bridgehead atoms. The number of hydrogen-bond acceptors (Lipinski definition) is 4. The Morgan fingerprint density at radius 1 is 0.417 bits per heavy atom. The molecule has 0 aliphatic heterocycles. The lowest BCUT2D eigenvalue weighted by Crippen LogP contribution is -1.85. The van der Waals surface area contributed by atoms with E-state index in [1.807, 2.05) is 45.3 Å². The third kappa shape index (κ3) is 10.1. The van der Waals surface area contributed by atoms with Crippen molar-refractivity contribution in [1.29, 1.82) is 0 Å². The summed E-state index contributed by atoms with van der Waals surface area (Å²) in [4.78, 5) is 2.64. The summed E-state index contributed by atoms with van der Waals surface area (Å²) in [6.45, 7) is 4.59. The first-order chi connectivity index (χ1) is 23.5. The predicted octanol–water partition coefficient (Wildman–Crippen LogP) is 18.8. The summed E-state index contributed by atoms with van der Waals surface area (Å²) in [5, 5.41) is 4.80. The van der Waals surface area contributed by atoms with Gasteiger partial charge in [-0.3, -0.25) is 0 Å². The number of aryl methyl sites for hydroxylation is 2. The Hall–Kier alpha value is 0.460. The Bertz CT molecular complexity index is 1600. The Labute approximate surface area is 339 Å². The molecule has 1 aromatic carbocycles. The summed E-state index contributed by atoms with van der Waals surface area (Å²) in [7, 11) is 0. The van der Waals surface area contributed by atoms with E-state index in [0.29, 0.717) is 0 Å². The quantitative estimate of drug-likeness (QED) is 0.0606. The summed E-state index contributed by atoms with van der Waals surface area (Å²) in [5.41, 5.74) is 5.56. The fraction of sp³-hybridized carbons (Fsp3) is 0.550. The van der Waals surface area contributed by atoms with E-state index in [4.69, 9.17) is 0 Å². The minimum absolute atomic E-state index is 1.13. The molecule has 0 fully saturated rings. The second kappa shape index (κ2) is 20.6. The van der Waals surface area contributed by atoms with Crippen molar-refractivity contribution in [2.45, 2.75) is 142 Å². The lowest BCUT2D eigenvalue weighted by atomic mass is 10.0. The number of unbranched alkanes of at least 4 members (excludes halogenated alkanes) is 16. The number of hydrogen-bond donors (Lipinski definition) is 0. The average molecular weight is 979 g/mol. The second-order valence-corrected chi connectivity index (χ2v) is 20.2. The maximum Gasteiger partial charge on any atom is 0.0602 e. The molecule has 0 saturated heterocycles. The first-order valence-electron chi connectivity index (χ1n) is 18.3. The molecule has 0 nitrogen and oxygen atoms in total. The van der Waals surface area contributed by atoms with Gasteiger partial charge in [0, 0.05) is 20.1 Å².